The maximum Gasteiger partial charge on any atom is 0.255 e. The molecule has 1 aromatic carbocycles. The molecule has 1 saturated heterocycles. The summed E-state index contributed by atoms with van der Waals surface area (Å²) in [5.74, 6) is 0.382. The Hall–Kier alpha value is -2.74. The molecule has 0 radical (unpaired) electrons. The van der Waals surface area contributed by atoms with Crippen LogP contribution in [-0.4, -0.2) is 38.9 Å². The number of imidazole rings is 1. The Morgan fingerprint density at radius 1 is 1.15 bits per heavy atom. The summed E-state index contributed by atoms with van der Waals surface area (Å²) in [5.41, 5.74) is 2.44. The lowest BCUT2D eigenvalue weighted by Crippen LogP contribution is -2.35. The molecule has 1 aliphatic heterocycles. The molecule has 2 N–H and O–H groups in total. The Bertz CT molecular complexity index is 1130. The first-order chi connectivity index (χ1) is 16.6. The summed E-state index contributed by atoms with van der Waals surface area (Å²) in [4.78, 5) is 21.4. The minimum atomic E-state index is -0.351. The van der Waals surface area contributed by atoms with Crippen LogP contribution in [0.2, 0.25) is 0 Å². The highest BCUT2D eigenvalue weighted by Crippen LogP contribution is 2.34. The highest BCUT2D eigenvalue weighted by atomic mass is 19.1. The van der Waals surface area contributed by atoms with Crippen LogP contribution < -0.4 is 5.32 Å². The van der Waals surface area contributed by atoms with Gasteiger partial charge in [0.15, 0.2) is 5.82 Å². The second kappa shape index (κ2) is 10.3. The first-order valence-electron chi connectivity index (χ1n) is 12.7. The lowest BCUT2D eigenvalue weighted by atomic mass is 9.85. The van der Waals surface area contributed by atoms with Crippen molar-refractivity contribution < 1.29 is 13.9 Å². The number of hydrogen-bond donors (Lipinski definition) is 2. The largest absolute Gasteiger partial charge is 0.381 e. The number of ether oxygens (including phenoxy) is 1. The molecule has 8 heteroatoms. The summed E-state index contributed by atoms with van der Waals surface area (Å²) in [5, 5.41) is 7.83. The van der Waals surface area contributed by atoms with Gasteiger partial charge in [0.05, 0.1) is 29.4 Å². The lowest BCUT2D eigenvalue weighted by molar-refractivity contribution is 0.0656. The van der Waals surface area contributed by atoms with Gasteiger partial charge in [-0.2, -0.15) is 5.10 Å². The van der Waals surface area contributed by atoms with Crippen molar-refractivity contribution in [2.24, 2.45) is 5.92 Å². The van der Waals surface area contributed by atoms with Crippen LogP contribution in [0.1, 0.15) is 91.7 Å². The van der Waals surface area contributed by atoms with Gasteiger partial charge >= 0.3 is 0 Å². The number of H-pyrrole nitrogens is 1. The molecular formula is C26H34FN5O2. The minimum Gasteiger partial charge on any atom is -0.381 e. The summed E-state index contributed by atoms with van der Waals surface area (Å²) < 4.78 is 21.8. The van der Waals surface area contributed by atoms with Gasteiger partial charge in [0.25, 0.3) is 5.91 Å². The van der Waals surface area contributed by atoms with Crippen LogP contribution >= 0.6 is 0 Å². The number of carbonyl (C=O) groups is 1. The summed E-state index contributed by atoms with van der Waals surface area (Å²) in [6, 6.07) is 4.88. The molecule has 3 aromatic rings. The number of carbonyl (C=O) groups excluding carboxylic acids is 1. The maximum absolute atomic E-state index is 14.4. The van der Waals surface area contributed by atoms with Crippen molar-refractivity contribution in [3.63, 3.8) is 0 Å². The molecule has 2 fully saturated rings. The molecule has 2 aromatic heterocycles. The third-order valence-electron chi connectivity index (χ3n) is 7.51. The van der Waals surface area contributed by atoms with Gasteiger partial charge in [0.1, 0.15) is 11.3 Å². The molecule has 3 heterocycles. The molecule has 34 heavy (non-hydrogen) atoms. The van der Waals surface area contributed by atoms with Crippen LogP contribution in [0.25, 0.3) is 11.0 Å². The smallest absolute Gasteiger partial charge is 0.255 e. The number of halogens is 1. The normalized spacial score (nSPS) is 19.6. The van der Waals surface area contributed by atoms with E-state index in [1.165, 1.54) is 25.3 Å². The average Bonchev–Trinajstić information content (AvgIpc) is 3.43. The molecular weight excluding hydrogens is 433 g/mol. The molecule has 0 spiro atoms. The highest BCUT2D eigenvalue weighted by Gasteiger charge is 2.30. The van der Waals surface area contributed by atoms with Crippen LogP contribution in [-0.2, 0) is 4.74 Å². The zero-order valence-corrected chi connectivity index (χ0v) is 19.9. The number of amides is 1. The second-order valence-electron chi connectivity index (χ2n) is 9.75. The van der Waals surface area contributed by atoms with Gasteiger partial charge in [0.2, 0.25) is 0 Å². The van der Waals surface area contributed by atoms with E-state index in [0.717, 1.165) is 57.4 Å². The minimum absolute atomic E-state index is 0.149. The van der Waals surface area contributed by atoms with Gasteiger partial charge in [-0.3, -0.25) is 9.48 Å². The molecule has 5 rings (SSSR count). The number of benzene rings is 1. The lowest BCUT2D eigenvalue weighted by Gasteiger charge is -2.28. The third kappa shape index (κ3) is 4.73. The van der Waals surface area contributed by atoms with E-state index < -0.39 is 0 Å². The first kappa shape index (κ1) is 23.0. The van der Waals surface area contributed by atoms with E-state index in [2.05, 4.69) is 20.4 Å². The average molecular weight is 468 g/mol. The Morgan fingerprint density at radius 2 is 1.88 bits per heavy atom. The Kier molecular flexibility index (Phi) is 6.94. The number of nitrogens with one attached hydrogen (secondary N) is 2. The molecule has 182 valence electrons. The number of fused-ring (bicyclic) bond motifs is 1. The summed E-state index contributed by atoms with van der Waals surface area (Å²) >= 11 is 0. The van der Waals surface area contributed by atoms with Gasteiger partial charge in [-0.25, -0.2) is 9.37 Å². The number of aromatic nitrogens is 4. The molecule has 1 aliphatic carbocycles. The van der Waals surface area contributed by atoms with Crippen molar-refractivity contribution in [3.05, 3.63) is 47.3 Å². The standard InChI is InChI=1S/C26H34FN5O2/c1-17-20(16-28-32(17)19-12-14-34-15-13-19)26(33)31-23(18-8-5-3-2-4-6-9-18)25-29-22-11-7-10-21(27)24(22)30-25/h7,10-11,16,18-19,23H,2-6,8-9,12-15H2,1H3,(H,29,30)(H,31,33). The third-order valence-corrected chi connectivity index (χ3v) is 7.51. The number of para-hydroxylation sites is 1. The number of hydrogen-bond acceptors (Lipinski definition) is 4. The summed E-state index contributed by atoms with van der Waals surface area (Å²) in [6.07, 6.45) is 11.5. The van der Waals surface area contributed by atoms with Crippen LogP contribution in [0.3, 0.4) is 0 Å². The van der Waals surface area contributed by atoms with Crippen molar-refractivity contribution in [2.45, 2.75) is 76.8 Å². The van der Waals surface area contributed by atoms with Gasteiger partial charge in [0, 0.05) is 18.9 Å². The zero-order chi connectivity index (χ0) is 23.5. The van der Waals surface area contributed by atoms with E-state index >= 15 is 0 Å². The fourth-order valence-corrected chi connectivity index (χ4v) is 5.56. The van der Waals surface area contributed by atoms with Crippen LogP contribution in [0.5, 0.6) is 0 Å². The zero-order valence-electron chi connectivity index (χ0n) is 19.9. The van der Waals surface area contributed by atoms with Gasteiger partial charge in [-0.15, -0.1) is 0 Å². The maximum atomic E-state index is 14.4. The fraction of sp³-hybridized carbons (Fsp3) is 0.577. The van der Waals surface area contributed by atoms with Crippen molar-refractivity contribution in [1.29, 1.82) is 0 Å². The highest BCUT2D eigenvalue weighted by molar-refractivity contribution is 5.95. The van der Waals surface area contributed by atoms with E-state index in [9.17, 15) is 9.18 Å². The Balaban J connectivity index is 1.43. The van der Waals surface area contributed by atoms with E-state index in [-0.39, 0.29) is 29.7 Å². The molecule has 0 bridgehead atoms. The topological polar surface area (TPSA) is 84.8 Å². The van der Waals surface area contributed by atoms with Crippen molar-refractivity contribution in [3.8, 4) is 0 Å². The molecule has 1 saturated carbocycles. The van der Waals surface area contributed by atoms with E-state index in [4.69, 9.17) is 4.74 Å². The predicted octanol–water partition coefficient (Wildman–Crippen LogP) is 5.39. The van der Waals surface area contributed by atoms with Gasteiger partial charge < -0.3 is 15.0 Å². The Morgan fingerprint density at radius 3 is 2.62 bits per heavy atom. The monoisotopic (exact) mass is 467 g/mol. The van der Waals surface area contributed by atoms with Crippen LogP contribution in [0, 0.1) is 18.7 Å². The fourth-order valence-electron chi connectivity index (χ4n) is 5.56. The van der Waals surface area contributed by atoms with Gasteiger partial charge in [-0.05, 0) is 50.7 Å². The number of rotatable bonds is 5. The van der Waals surface area contributed by atoms with Crippen molar-refractivity contribution in [2.75, 3.05) is 13.2 Å². The summed E-state index contributed by atoms with van der Waals surface area (Å²) in [6.45, 7) is 3.40. The van der Waals surface area contributed by atoms with Crippen LogP contribution in [0.4, 0.5) is 4.39 Å². The molecule has 1 unspecified atom stereocenters. The predicted molar refractivity (Wildman–Crippen MR) is 128 cm³/mol. The van der Waals surface area contributed by atoms with Gasteiger partial charge in [-0.1, -0.05) is 38.2 Å². The second-order valence-corrected chi connectivity index (χ2v) is 9.75. The van der Waals surface area contributed by atoms with Crippen molar-refractivity contribution in [1.82, 2.24) is 25.1 Å². The Labute approximate surface area is 199 Å². The van der Waals surface area contributed by atoms with E-state index in [1.54, 1.807) is 12.3 Å². The van der Waals surface area contributed by atoms with E-state index in [1.807, 2.05) is 17.7 Å². The molecule has 1 amide bonds. The molecule has 1 atom stereocenters. The summed E-state index contributed by atoms with van der Waals surface area (Å²) in [7, 11) is 0. The molecule has 7 nitrogen and oxygen atoms in total. The quantitative estimate of drug-likeness (QED) is 0.527. The number of aromatic amines is 1. The first-order valence-corrected chi connectivity index (χ1v) is 12.7. The molecule has 2 aliphatic rings. The van der Waals surface area contributed by atoms with Crippen LogP contribution in [0.15, 0.2) is 24.4 Å². The number of nitrogens with zero attached hydrogens (tertiary/aromatic N) is 3. The van der Waals surface area contributed by atoms with Crippen molar-refractivity contribution >= 4 is 16.9 Å². The van der Waals surface area contributed by atoms with E-state index in [0.29, 0.717) is 22.4 Å². The SMILES string of the molecule is Cc1c(C(=O)NC(c2nc3c(F)cccc3[nH]2)C2CCCCCCC2)cnn1C1CCOCC1.